The minimum atomic E-state index is -0.488. The third kappa shape index (κ3) is 4.38. The van der Waals surface area contributed by atoms with Crippen molar-refractivity contribution in [3.05, 3.63) is 131 Å². The van der Waals surface area contributed by atoms with Crippen LogP contribution in [0.2, 0.25) is 0 Å². The van der Waals surface area contributed by atoms with Gasteiger partial charge < -0.3 is 9.80 Å². The quantitative estimate of drug-likeness (QED) is 0.321. The molecule has 5 rings (SSSR count). The zero-order chi connectivity index (χ0) is 25.2. The Balaban J connectivity index is 1.61. The molecule has 0 radical (unpaired) electrons. The lowest BCUT2D eigenvalue weighted by atomic mass is 9.89. The Labute approximate surface area is 208 Å². The third-order valence-electron chi connectivity index (χ3n) is 6.49. The molecule has 0 N–H and O–H groups in total. The van der Waals surface area contributed by atoms with Gasteiger partial charge in [-0.1, -0.05) is 48.5 Å². The number of anilines is 2. The zero-order valence-electron chi connectivity index (χ0n) is 19.6. The van der Waals surface area contributed by atoms with Crippen LogP contribution in [0.15, 0.2) is 103 Å². The van der Waals surface area contributed by atoms with Crippen molar-refractivity contribution >= 4 is 23.2 Å². The Bertz CT molecular complexity index is 1420. The average Bonchev–Trinajstić information content (AvgIpc) is 2.89. The number of para-hydroxylation sites is 2. The minimum absolute atomic E-state index is 0.238. The van der Waals surface area contributed by atoms with Crippen LogP contribution < -0.4 is 9.80 Å². The summed E-state index contributed by atoms with van der Waals surface area (Å²) in [7, 11) is 0. The van der Waals surface area contributed by atoms with Crippen LogP contribution in [0, 0.1) is 11.6 Å². The van der Waals surface area contributed by atoms with Gasteiger partial charge in [0.05, 0.1) is 6.04 Å². The topological polar surface area (TPSA) is 40.6 Å². The van der Waals surface area contributed by atoms with Gasteiger partial charge in [-0.25, -0.2) is 8.78 Å². The van der Waals surface area contributed by atoms with Gasteiger partial charge in [0.25, 0.3) is 11.8 Å². The van der Waals surface area contributed by atoms with Crippen molar-refractivity contribution in [3.63, 3.8) is 0 Å². The van der Waals surface area contributed by atoms with Gasteiger partial charge in [-0.15, -0.1) is 0 Å². The van der Waals surface area contributed by atoms with E-state index in [1.165, 1.54) is 36.4 Å². The van der Waals surface area contributed by atoms with Crippen LogP contribution in [0.1, 0.15) is 45.7 Å². The van der Waals surface area contributed by atoms with Gasteiger partial charge in [-0.2, -0.15) is 0 Å². The van der Waals surface area contributed by atoms with Crippen molar-refractivity contribution in [3.8, 4) is 0 Å². The van der Waals surface area contributed by atoms with Crippen LogP contribution in [0.3, 0.4) is 0 Å². The number of rotatable bonds is 4. The maximum atomic E-state index is 14.0. The predicted octanol–water partition coefficient (Wildman–Crippen LogP) is 6.79. The SMILES string of the molecule is C[C@H]1C[C@@H](N(C(=O)c2cccc(F)c2)c2ccccc2)c2ccccc2N1C(=O)c1cccc(F)c1. The molecule has 1 aliphatic rings. The number of halogens is 2. The monoisotopic (exact) mass is 482 g/mol. The highest BCUT2D eigenvalue weighted by Crippen LogP contribution is 2.43. The minimum Gasteiger partial charge on any atom is -0.305 e. The van der Waals surface area contributed by atoms with Crippen molar-refractivity contribution in [1.29, 1.82) is 0 Å². The molecular formula is C30H24F2N2O2. The number of carbonyl (C=O) groups excluding carboxylic acids is 2. The highest BCUT2D eigenvalue weighted by molar-refractivity contribution is 6.09. The van der Waals surface area contributed by atoms with Crippen LogP contribution >= 0.6 is 0 Å². The normalized spacial score (nSPS) is 16.8. The van der Waals surface area contributed by atoms with Gasteiger partial charge in [-0.05, 0) is 73.5 Å². The van der Waals surface area contributed by atoms with Gasteiger partial charge in [0.2, 0.25) is 0 Å². The van der Waals surface area contributed by atoms with Gasteiger partial charge >= 0.3 is 0 Å². The molecule has 2 atom stereocenters. The molecule has 0 saturated carbocycles. The van der Waals surface area contributed by atoms with Crippen LogP contribution in [-0.2, 0) is 0 Å². The van der Waals surface area contributed by atoms with E-state index in [0.717, 1.165) is 5.56 Å². The van der Waals surface area contributed by atoms with Crippen LogP contribution in [0.4, 0.5) is 20.2 Å². The first kappa shape index (κ1) is 23.4. The highest BCUT2D eigenvalue weighted by Gasteiger charge is 2.39. The van der Waals surface area contributed by atoms with E-state index in [2.05, 4.69) is 0 Å². The van der Waals surface area contributed by atoms with Gasteiger partial charge in [0.1, 0.15) is 11.6 Å². The largest absolute Gasteiger partial charge is 0.305 e. The molecule has 0 unspecified atom stereocenters. The van der Waals surface area contributed by atoms with E-state index in [1.54, 1.807) is 21.9 Å². The van der Waals surface area contributed by atoms with E-state index in [9.17, 15) is 18.4 Å². The predicted molar refractivity (Wildman–Crippen MR) is 136 cm³/mol. The van der Waals surface area contributed by atoms with Crippen LogP contribution in [-0.4, -0.2) is 17.9 Å². The Morgan fingerprint density at radius 3 is 2.08 bits per heavy atom. The summed E-state index contributed by atoms with van der Waals surface area (Å²) in [6, 6.07) is 27.3. The number of hydrogen-bond donors (Lipinski definition) is 0. The Kier molecular flexibility index (Phi) is 6.34. The number of hydrogen-bond acceptors (Lipinski definition) is 2. The van der Waals surface area contributed by atoms with Crippen LogP contribution in [0.5, 0.6) is 0 Å². The molecular weight excluding hydrogens is 458 g/mol. The maximum absolute atomic E-state index is 14.0. The van der Waals surface area contributed by atoms with Crippen molar-refractivity contribution in [2.24, 2.45) is 0 Å². The van der Waals surface area contributed by atoms with Gasteiger partial charge in [0, 0.05) is 28.5 Å². The van der Waals surface area contributed by atoms with E-state index in [-0.39, 0.29) is 29.0 Å². The number of amides is 2. The fraction of sp³-hybridized carbons (Fsp3) is 0.133. The Hall–Kier alpha value is -4.32. The maximum Gasteiger partial charge on any atom is 0.258 e. The van der Waals surface area contributed by atoms with E-state index in [1.807, 2.05) is 61.5 Å². The molecule has 4 aromatic carbocycles. The summed E-state index contributed by atoms with van der Waals surface area (Å²) >= 11 is 0. The summed E-state index contributed by atoms with van der Waals surface area (Å²) in [5.41, 5.74) is 2.61. The summed E-state index contributed by atoms with van der Waals surface area (Å²) in [5.74, 6) is -1.61. The second kappa shape index (κ2) is 9.74. The van der Waals surface area contributed by atoms with E-state index in [0.29, 0.717) is 17.8 Å². The second-order valence-corrected chi connectivity index (χ2v) is 8.87. The summed E-state index contributed by atoms with van der Waals surface area (Å²) in [6.07, 6.45) is 0.439. The average molecular weight is 483 g/mol. The zero-order valence-corrected chi connectivity index (χ0v) is 19.6. The third-order valence-corrected chi connectivity index (χ3v) is 6.49. The molecule has 1 heterocycles. The summed E-state index contributed by atoms with van der Waals surface area (Å²) in [4.78, 5) is 30.7. The molecule has 1 aliphatic heterocycles. The summed E-state index contributed by atoms with van der Waals surface area (Å²) < 4.78 is 27.9. The molecule has 36 heavy (non-hydrogen) atoms. The van der Waals surface area contributed by atoms with Crippen molar-refractivity contribution in [2.45, 2.75) is 25.4 Å². The first-order valence-electron chi connectivity index (χ1n) is 11.8. The smallest absolute Gasteiger partial charge is 0.258 e. The van der Waals surface area contributed by atoms with Gasteiger partial charge in [0.15, 0.2) is 0 Å². The Morgan fingerprint density at radius 2 is 1.39 bits per heavy atom. The fourth-order valence-electron chi connectivity index (χ4n) is 4.88. The lowest BCUT2D eigenvalue weighted by molar-refractivity contribution is 0.0965. The number of nitrogens with zero attached hydrogens (tertiary/aromatic N) is 2. The number of benzene rings is 4. The molecule has 0 fully saturated rings. The highest BCUT2D eigenvalue weighted by atomic mass is 19.1. The molecule has 0 aliphatic carbocycles. The molecule has 4 nitrogen and oxygen atoms in total. The van der Waals surface area contributed by atoms with E-state index < -0.39 is 17.7 Å². The Morgan fingerprint density at radius 1 is 0.778 bits per heavy atom. The first-order chi connectivity index (χ1) is 17.4. The summed E-state index contributed by atoms with van der Waals surface area (Å²) in [5, 5.41) is 0. The molecule has 0 spiro atoms. The first-order valence-corrected chi connectivity index (χ1v) is 11.8. The molecule has 180 valence electrons. The van der Waals surface area contributed by atoms with Crippen molar-refractivity contribution in [2.75, 3.05) is 9.80 Å². The lowest BCUT2D eigenvalue weighted by Crippen LogP contribution is -2.47. The molecule has 0 aromatic heterocycles. The van der Waals surface area contributed by atoms with E-state index in [4.69, 9.17) is 0 Å². The van der Waals surface area contributed by atoms with Crippen LogP contribution in [0.25, 0.3) is 0 Å². The van der Waals surface area contributed by atoms with Crippen molar-refractivity contribution in [1.82, 2.24) is 0 Å². The molecule has 0 bridgehead atoms. The van der Waals surface area contributed by atoms with Crippen molar-refractivity contribution < 1.29 is 18.4 Å². The van der Waals surface area contributed by atoms with E-state index >= 15 is 0 Å². The molecule has 4 aromatic rings. The number of fused-ring (bicyclic) bond motifs is 1. The molecule has 6 heteroatoms. The number of carbonyl (C=O) groups is 2. The fourth-order valence-corrected chi connectivity index (χ4v) is 4.88. The molecule has 0 saturated heterocycles. The second-order valence-electron chi connectivity index (χ2n) is 8.87. The standard InChI is InChI=1S/C30H24F2N2O2/c1-20-17-28(34(25-13-3-2-4-14-25)30(36)22-10-8-12-24(32)19-22)26-15-5-6-16-27(26)33(20)29(35)21-9-7-11-23(31)18-21/h2-16,18-20,28H,17H2,1H3/t20-,28+/m0/s1. The van der Waals surface area contributed by atoms with Gasteiger partial charge in [-0.3, -0.25) is 9.59 Å². The lowest BCUT2D eigenvalue weighted by Gasteiger charge is -2.43. The summed E-state index contributed by atoms with van der Waals surface area (Å²) in [6.45, 7) is 1.91. The molecule has 2 amide bonds.